The Morgan fingerprint density at radius 1 is 1.34 bits per heavy atom. The van der Waals surface area contributed by atoms with Crippen LogP contribution in [0.15, 0.2) is 41.2 Å². The van der Waals surface area contributed by atoms with Gasteiger partial charge >= 0.3 is 0 Å². The van der Waals surface area contributed by atoms with E-state index in [-0.39, 0.29) is 24.0 Å². The molecule has 2 N–H and O–H groups in total. The lowest BCUT2D eigenvalue weighted by molar-refractivity contribution is -0.116. The molecule has 150 valence electrons. The zero-order valence-electron chi connectivity index (χ0n) is 16.5. The minimum absolute atomic E-state index is 0.112. The van der Waals surface area contributed by atoms with Crippen molar-refractivity contribution in [3.63, 3.8) is 0 Å². The number of rotatable bonds is 6. The molecule has 29 heavy (non-hydrogen) atoms. The van der Waals surface area contributed by atoms with Crippen LogP contribution >= 0.6 is 0 Å². The number of aromatic nitrogens is 2. The molecule has 7 heteroatoms. The van der Waals surface area contributed by atoms with Gasteiger partial charge in [-0.1, -0.05) is 12.1 Å². The van der Waals surface area contributed by atoms with Crippen molar-refractivity contribution in [2.24, 2.45) is 0 Å². The molecule has 1 atom stereocenters. The predicted octanol–water partition coefficient (Wildman–Crippen LogP) is 3.22. The highest BCUT2D eigenvalue weighted by Gasteiger charge is 2.22. The average molecular weight is 393 g/mol. The second kappa shape index (κ2) is 7.95. The van der Waals surface area contributed by atoms with Gasteiger partial charge in [0.15, 0.2) is 0 Å². The number of aromatic amines is 1. The number of carbonyl (C=O) groups is 1. The fourth-order valence-corrected chi connectivity index (χ4v) is 3.51. The largest absolute Gasteiger partial charge is 0.492 e. The Bertz CT molecular complexity index is 1120. The zero-order chi connectivity index (χ0) is 20.4. The molecule has 1 aromatic heterocycles. The fourth-order valence-electron chi connectivity index (χ4n) is 3.51. The number of hydrogen-bond acceptors (Lipinski definition) is 5. The van der Waals surface area contributed by atoms with Crippen molar-refractivity contribution < 1.29 is 14.3 Å². The van der Waals surface area contributed by atoms with Crippen molar-refractivity contribution in [2.45, 2.75) is 39.2 Å². The van der Waals surface area contributed by atoms with Gasteiger partial charge in [-0.25, -0.2) is 4.98 Å². The van der Waals surface area contributed by atoms with E-state index >= 15 is 0 Å². The normalized spacial score (nSPS) is 15.0. The van der Waals surface area contributed by atoms with E-state index in [1.165, 1.54) is 0 Å². The van der Waals surface area contributed by atoms with Gasteiger partial charge in [-0.15, -0.1) is 0 Å². The first-order valence-corrected chi connectivity index (χ1v) is 9.77. The maximum atomic E-state index is 12.5. The SMILES string of the molecule is CCOc1cc2c(cc1NC(=O)CCc1nc3ccccc3c(=O)[nH]1)OC(C)C2. The molecular formula is C22H23N3O4. The van der Waals surface area contributed by atoms with E-state index in [1.807, 2.05) is 32.0 Å². The van der Waals surface area contributed by atoms with E-state index in [0.717, 1.165) is 17.7 Å². The van der Waals surface area contributed by atoms with Crippen LogP contribution in [-0.4, -0.2) is 28.6 Å². The molecule has 7 nitrogen and oxygen atoms in total. The Morgan fingerprint density at radius 3 is 3.00 bits per heavy atom. The summed E-state index contributed by atoms with van der Waals surface area (Å²) >= 11 is 0. The van der Waals surface area contributed by atoms with Gasteiger partial charge in [0.25, 0.3) is 5.56 Å². The summed E-state index contributed by atoms with van der Waals surface area (Å²) in [5.74, 6) is 1.71. The van der Waals surface area contributed by atoms with Gasteiger partial charge in [-0.2, -0.15) is 0 Å². The summed E-state index contributed by atoms with van der Waals surface area (Å²) in [5, 5.41) is 3.43. The summed E-state index contributed by atoms with van der Waals surface area (Å²) < 4.78 is 11.5. The minimum Gasteiger partial charge on any atom is -0.492 e. The summed E-state index contributed by atoms with van der Waals surface area (Å²) in [6.07, 6.45) is 1.45. The number of para-hydroxylation sites is 1. The maximum Gasteiger partial charge on any atom is 0.258 e. The molecule has 0 bridgehead atoms. The van der Waals surface area contributed by atoms with Crippen molar-refractivity contribution in [2.75, 3.05) is 11.9 Å². The summed E-state index contributed by atoms with van der Waals surface area (Å²) in [6.45, 7) is 4.41. The molecule has 0 saturated heterocycles. The molecule has 0 aliphatic carbocycles. The van der Waals surface area contributed by atoms with Crippen molar-refractivity contribution in [3.05, 3.63) is 58.1 Å². The number of ether oxygens (including phenoxy) is 2. The van der Waals surface area contributed by atoms with Crippen LogP contribution < -0.4 is 20.3 Å². The molecule has 3 aromatic rings. The molecule has 1 amide bonds. The molecule has 4 rings (SSSR count). The zero-order valence-corrected chi connectivity index (χ0v) is 16.5. The smallest absolute Gasteiger partial charge is 0.258 e. The number of anilines is 1. The van der Waals surface area contributed by atoms with Gasteiger partial charge in [0, 0.05) is 30.9 Å². The van der Waals surface area contributed by atoms with Crippen molar-refractivity contribution in [3.8, 4) is 11.5 Å². The monoisotopic (exact) mass is 393 g/mol. The summed E-state index contributed by atoms with van der Waals surface area (Å²) in [5.41, 5.74) is 2.09. The lowest BCUT2D eigenvalue weighted by atomic mass is 10.1. The number of benzene rings is 2. The molecule has 2 heterocycles. The lowest BCUT2D eigenvalue weighted by Gasteiger charge is -2.13. The minimum atomic E-state index is -0.200. The van der Waals surface area contributed by atoms with Gasteiger partial charge in [0.05, 0.1) is 23.2 Å². The number of nitrogens with zero attached hydrogens (tertiary/aromatic N) is 1. The van der Waals surface area contributed by atoms with Crippen LogP contribution in [0.2, 0.25) is 0 Å². The van der Waals surface area contributed by atoms with Crippen LogP contribution in [0, 0.1) is 0 Å². The third-order valence-corrected chi connectivity index (χ3v) is 4.82. The second-order valence-electron chi connectivity index (χ2n) is 7.10. The highest BCUT2D eigenvalue weighted by atomic mass is 16.5. The third-order valence-electron chi connectivity index (χ3n) is 4.82. The van der Waals surface area contributed by atoms with Crippen LogP contribution in [0.5, 0.6) is 11.5 Å². The van der Waals surface area contributed by atoms with Gasteiger partial charge in [-0.05, 0) is 32.0 Å². The van der Waals surface area contributed by atoms with Crippen LogP contribution in [0.4, 0.5) is 5.69 Å². The Balaban J connectivity index is 1.48. The quantitative estimate of drug-likeness (QED) is 0.671. The molecular weight excluding hydrogens is 370 g/mol. The molecule has 1 unspecified atom stereocenters. The molecule has 0 radical (unpaired) electrons. The first kappa shape index (κ1) is 19.0. The van der Waals surface area contributed by atoms with Crippen molar-refractivity contribution in [1.29, 1.82) is 0 Å². The van der Waals surface area contributed by atoms with Gasteiger partial charge in [0.2, 0.25) is 5.91 Å². The Kier molecular flexibility index (Phi) is 5.20. The number of H-pyrrole nitrogens is 1. The van der Waals surface area contributed by atoms with E-state index in [2.05, 4.69) is 15.3 Å². The molecule has 0 spiro atoms. The number of hydrogen-bond donors (Lipinski definition) is 2. The molecule has 0 saturated carbocycles. The highest BCUT2D eigenvalue weighted by molar-refractivity contribution is 5.93. The van der Waals surface area contributed by atoms with Crippen LogP contribution in [-0.2, 0) is 17.6 Å². The van der Waals surface area contributed by atoms with Crippen molar-refractivity contribution in [1.82, 2.24) is 9.97 Å². The van der Waals surface area contributed by atoms with Gasteiger partial charge in [0.1, 0.15) is 23.4 Å². The van der Waals surface area contributed by atoms with Crippen molar-refractivity contribution >= 4 is 22.5 Å². The Labute approximate surface area is 168 Å². The Morgan fingerprint density at radius 2 is 2.17 bits per heavy atom. The van der Waals surface area contributed by atoms with Gasteiger partial charge in [-0.3, -0.25) is 9.59 Å². The third kappa shape index (κ3) is 4.08. The summed E-state index contributed by atoms with van der Waals surface area (Å²) in [7, 11) is 0. The Hall–Kier alpha value is -3.35. The van der Waals surface area contributed by atoms with Crippen LogP contribution in [0.1, 0.15) is 31.7 Å². The molecule has 0 fully saturated rings. The number of carbonyl (C=O) groups excluding carboxylic acids is 1. The van der Waals surface area contributed by atoms with Crippen LogP contribution in [0.3, 0.4) is 0 Å². The predicted molar refractivity (Wildman–Crippen MR) is 111 cm³/mol. The topological polar surface area (TPSA) is 93.3 Å². The van der Waals surface area contributed by atoms with E-state index in [9.17, 15) is 9.59 Å². The first-order chi connectivity index (χ1) is 14.0. The second-order valence-corrected chi connectivity index (χ2v) is 7.10. The standard InChI is InChI=1S/C22H23N3O4/c1-3-28-19-11-14-10-13(2)29-18(14)12-17(19)24-21(26)9-8-20-23-16-7-5-4-6-15(16)22(27)25-20/h4-7,11-13H,3,8-10H2,1-2H3,(H,24,26)(H,23,25,27). The van der Waals surface area contributed by atoms with E-state index in [4.69, 9.17) is 9.47 Å². The number of fused-ring (bicyclic) bond motifs is 2. The van der Waals surface area contributed by atoms with E-state index in [0.29, 0.717) is 41.2 Å². The summed E-state index contributed by atoms with van der Waals surface area (Å²) in [6, 6.07) is 10.9. The summed E-state index contributed by atoms with van der Waals surface area (Å²) in [4.78, 5) is 31.9. The maximum absolute atomic E-state index is 12.5. The number of nitrogens with one attached hydrogen (secondary N) is 2. The molecule has 2 aromatic carbocycles. The van der Waals surface area contributed by atoms with Gasteiger partial charge < -0.3 is 19.8 Å². The highest BCUT2D eigenvalue weighted by Crippen LogP contribution is 2.38. The first-order valence-electron chi connectivity index (χ1n) is 9.77. The average Bonchev–Trinajstić information content (AvgIpc) is 3.06. The van der Waals surface area contributed by atoms with E-state index in [1.54, 1.807) is 18.2 Å². The lowest BCUT2D eigenvalue weighted by Crippen LogP contribution is -2.16. The fraction of sp³-hybridized carbons (Fsp3) is 0.318. The number of amides is 1. The van der Waals surface area contributed by atoms with E-state index < -0.39 is 0 Å². The molecule has 1 aliphatic rings. The molecule has 1 aliphatic heterocycles. The van der Waals surface area contributed by atoms with Crippen LogP contribution in [0.25, 0.3) is 10.9 Å². The number of aryl methyl sites for hydroxylation is 1.